The van der Waals surface area contributed by atoms with E-state index in [1.54, 1.807) is 19.5 Å². The molecule has 90 valence electrons. The fourth-order valence-corrected chi connectivity index (χ4v) is 1.32. The van der Waals surface area contributed by atoms with Gasteiger partial charge in [-0.15, -0.1) is 0 Å². The molecule has 0 amide bonds. The lowest BCUT2D eigenvalue weighted by Gasteiger charge is -2.16. The lowest BCUT2D eigenvalue weighted by molar-refractivity contribution is 0.112. The van der Waals surface area contributed by atoms with Crippen molar-refractivity contribution in [2.75, 3.05) is 20.3 Å². The van der Waals surface area contributed by atoms with Gasteiger partial charge >= 0.3 is 0 Å². The number of hydrogen-bond donors (Lipinski definition) is 2. The van der Waals surface area contributed by atoms with Gasteiger partial charge in [-0.25, -0.2) is 0 Å². The van der Waals surface area contributed by atoms with Crippen LogP contribution in [0.3, 0.4) is 0 Å². The van der Waals surface area contributed by atoms with Crippen LogP contribution in [0.1, 0.15) is 24.9 Å². The van der Waals surface area contributed by atoms with Crippen molar-refractivity contribution in [1.82, 2.24) is 10.4 Å². The van der Waals surface area contributed by atoms with Crippen LogP contribution in [0.2, 0.25) is 0 Å². The Hall–Kier alpha value is -1.17. The number of ether oxygens (including phenoxy) is 2. The van der Waals surface area contributed by atoms with Gasteiger partial charge in [0.15, 0.2) is 0 Å². The number of nitrogens with zero attached hydrogens (tertiary/aromatic N) is 1. The summed E-state index contributed by atoms with van der Waals surface area (Å²) in [5.74, 6) is 6.20. The number of aromatic nitrogens is 1. The van der Waals surface area contributed by atoms with Crippen molar-refractivity contribution < 1.29 is 9.47 Å². The standard InChI is InChI=1S/C11H19N3O2/c1-3-4-16-8-11(14-12)9-5-10(15-2)7-13-6-9/h5-7,11,14H,3-4,8,12H2,1-2H3. The van der Waals surface area contributed by atoms with E-state index in [2.05, 4.69) is 17.3 Å². The van der Waals surface area contributed by atoms with Crippen LogP contribution in [0.15, 0.2) is 18.5 Å². The molecule has 3 N–H and O–H groups in total. The Morgan fingerprint density at radius 3 is 2.94 bits per heavy atom. The largest absolute Gasteiger partial charge is 0.495 e. The van der Waals surface area contributed by atoms with Gasteiger partial charge in [0.05, 0.1) is 26.0 Å². The molecule has 0 saturated carbocycles. The average molecular weight is 225 g/mol. The minimum Gasteiger partial charge on any atom is -0.495 e. The third-order valence-corrected chi connectivity index (χ3v) is 2.21. The predicted molar refractivity (Wildman–Crippen MR) is 62.0 cm³/mol. The maximum absolute atomic E-state index is 5.48. The van der Waals surface area contributed by atoms with E-state index in [9.17, 15) is 0 Å². The zero-order chi connectivity index (χ0) is 11.8. The van der Waals surface area contributed by atoms with Gasteiger partial charge in [0, 0.05) is 12.8 Å². The smallest absolute Gasteiger partial charge is 0.137 e. The van der Waals surface area contributed by atoms with E-state index in [1.165, 1.54) is 0 Å². The van der Waals surface area contributed by atoms with Crippen molar-refractivity contribution >= 4 is 0 Å². The van der Waals surface area contributed by atoms with Gasteiger partial charge in [0.25, 0.3) is 0 Å². The highest BCUT2D eigenvalue weighted by atomic mass is 16.5. The number of hydrogen-bond acceptors (Lipinski definition) is 5. The highest BCUT2D eigenvalue weighted by Gasteiger charge is 2.10. The van der Waals surface area contributed by atoms with Gasteiger partial charge in [-0.3, -0.25) is 16.3 Å². The molecule has 1 aromatic heterocycles. The normalized spacial score (nSPS) is 12.4. The third kappa shape index (κ3) is 3.77. The minimum absolute atomic E-state index is 0.0610. The van der Waals surface area contributed by atoms with Crippen molar-refractivity contribution in [3.05, 3.63) is 24.0 Å². The molecule has 0 radical (unpaired) electrons. The van der Waals surface area contributed by atoms with Crippen molar-refractivity contribution in [1.29, 1.82) is 0 Å². The molecule has 1 aromatic rings. The molecule has 1 rings (SSSR count). The summed E-state index contributed by atoms with van der Waals surface area (Å²) in [6.07, 6.45) is 4.40. The average Bonchev–Trinajstić information content (AvgIpc) is 2.35. The zero-order valence-electron chi connectivity index (χ0n) is 9.77. The van der Waals surface area contributed by atoms with Gasteiger partial charge < -0.3 is 9.47 Å². The lowest BCUT2D eigenvalue weighted by Crippen LogP contribution is -2.31. The quantitative estimate of drug-likeness (QED) is 0.412. The molecule has 0 aliphatic rings. The molecule has 0 aromatic carbocycles. The summed E-state index contributed by atoms with van der Waals surface area (Å²) in [5, 5.41) is 0. The van der Waals surface area contributed by atoms with Crippen LogP contribution in [0.4, 0.5) is 0 Å². The SMILES string of the molecule is CCCOCC(NN)c1cncc(OC)c1. The van der Waals surface area contributed by atoms with Crippen LogP contribution in [-0.4, -0.2) is 25.3 Å². The van der Waals surface area contributed by atoms with Gasteiger partial charge in [-0.05, 0) is 18.1 Å². The van der Waals surface area contributed by atoms with Gasteiger partial charge in [0.1, 0.15) is 5.75 Å². The topological polar surface area (TPSA) is 69.4 Å². The van der Waals surface area contributed by atoms with E-state index in [1.807, 2.05) is 6.07 Å². The van der Waals surface area contributed by atoms with E-state index in [0.29, 0.717) is 12.4 Å². The van der Waals surface area contributed by atoms with Crippen molar-refractivity contribution in [3.8, 4) is 5.75 Å². The molecular weight excluding hydrogens is 206 g/mol. The Morgan fingerprint density at radius 1 is 1.50 bits per heavy atom. The van der Waals surface area contributed by atoms with Gasteiger partial charge in [-0.1, -0.05) is 6.92 Å². The number of rotatable bonds is 7. The van der Waals surface area contributed by atoms with Crippen molar-refractivity contribution in [2.24, 2.45) is 5.84 Å². The summed E-state index contributed by atoms with van der Waals surface area (Å²) in [6, 6.07) is 1.83. The molecule has 0 saturated heterocycles. The summed E-state index contributed by atoms with van der Waals surface area (Å²) in [5.41, 5.74) is 3.66. The number of hydrazine groups is 1. The third-order valence-electron chi connectivity index (χ3n) is 2.21. The summed E-state index contributed by atoms with van der Waals surface area (Å²) in [7, 11) is 1.61. The molecule has 0 fully saturated rings. The molecule has 16 heavy (non-hydrogen) atoms. The van der Waals surface area contributed by atoms with Crippen LogP contribution in [-0.2, 0) is 4.74 Å². The number of nitrogens with one attached hydrogen (secondary N) is 1. The maximum Gasteiger partial charge on any atom is 0.137 e. The second-order valence-electron chi connectivity index (χ2n) is 3.45. The maximum atomic E-state index is 5.48. The van der Waals surface area contributed by atoms with Crippen LogP contribution in [0.25, 0.3) is 0 Å². The van der Waals surface area contributed by atoms with E-state index in [4.69, 9.17) is 15.3 Å². The monoisotopic (exact) mass is 225 g/mol. The Morgan fingerprint density at radius 2 is 2.31 bits per heavy atom. The molecule has 0 aliphatic carbocycles. The molecule has 0 bridgehead atoms. The Kier molecular flexibility index (Phi) is 5.77. The minimum atomic E-state index is -0.0610. The Labute approximate surface area is 95.9 Å². The highest BCUT2D eigenvalue weighted by Crippen LogP contribution is 2.17. The van der Waals surface area contributed by atoms with Crippen molar-refractivity contribution in [2.45, 2.75) is 19.4 Å². The Bertz CT molecular complexity index is 307. The highest BCUT2D eigenvalue weighted by molar-refractivity contribution is 5.25. The van der Waals surface area contributed by atoms with Crippen LogP contribution < -0.4 is 16.0 Å². The van der Waals surface area contributed by atoms with Gasteiger partial charge in [-0.2, -0.15) is 0 Å². The molecule has 1 heterocycles. The van der Waals surface area contributed by atoms with Crippen molar-refractivity contribution in [3.63, 3.8) is 0 Å². The van der Waals surface area contributed by atoms with E-state index in [0.717, 1.165) is 18.6 Å². The number of pyridine rings is 1. The van der Waals surface area contributed by atoms with E-state index in [-0.39, 0.29) is 6.04 Å². The molecule has 5 nitrogen and oxygen atoms in total. The molecule has 0 aliphatic heterocycles. The number of nitrogens with two attached hydrogens (primary N) is 1. The first-order valence-corrected chi connectivity index (χ1v) is 5.34. The summed E-state index contributed by atoms with van der Waals surface area (Å²) in [4.78, 5) is 4.08. The summed E-state index contributed by atoms with van der Waals surface area (Å²) in [6.45, 7) is 3.33. The van der Waals surface area contributed by atoms with E-state index < -0.39 is 0 Å². The van der Waals surface area contributed by atoms with Crippen LogP contribution in [0.5, 0.6) is 5.75 Å². The van der Waals surface area contributed by atoms with Crippen LogP contribution >= 0.6 is 0 Å². The summed E-state index contributed by atoms with van der Waals surface area (Å²) < 4.78 is 10.6. The molecular formula is C11H19N3O2. The van der Waals surface area contributed by atoms with Crippen LogP contribution in [0, 0.1) is 0 Å². The summed E-state index contributed by atoms with van der Waals surface area (Å²) >= 11 is 0. The molecule has 0 spiro atoms. The first-order chi connectivity index (χ1) is 7.81. The molecule has 5 heteroatoms. The molecule has 1 unspecified atom stereocenters. The fourth-order valence-electron chi connectivity index (χ4n) is 1.32. The lowest BCUT2D eigenvalue weighted by atomic mass is 10.1. The van der Waals surface area contributed by atoms with E-state index >= 15 is 0 Å². The zero-order valence-corrected chi connectivity index (χ0v) is 9.77. The fraction of sp³-hybridized carbons (Fsp3) is 0.545. The second kappa shape index (κ2) is 7.16. The molecule has 1 atom stereocenters. The van der Waals surface area contributed by atoms with Gasteiger partial charge in [0.2, 0.25) is 0 Å². The number of methoxy groups -OCH3 is 1. The first-order valence-electron chi connectivity index (χ1n) is 5.34. The first kappa shape index (κ1) is 12.9. The Balaban J connectivity index is 2.62. The second-order valence-corrected chi connectivity index (χ2v) is 3.45. The predicted octanol–water partition coefficient (Wildman–Crippen LogP) is 1.02.